The van der Waals surface area contributed by atoms with E-state index in [-0.39, 0.29) is 0 Å². The number of fused-ring (bicyclic) bond motifs is 16. The van der Waals surface area contributed by atoms with Gasteiger partial charge in [0.1, 0.15) is 0 Å². The highest BCUT2D eigenvalue weighted by molar-refractivity contribution is 6.15. The molecular weight excluding hydrogens is 761 g/mol. The monoisotopic (exact) mass is 798 g/mol. The highest BCUT2D eigenvalue weighted by Crippen LogP contribution is 2.63. The zero-order valence-electron chi connectivity index (χ0n) is 34.3. The van der Waals surface area contributed by atoms with Gasteiger partial charge in [0.15, 0.2) is 0 Å². The van der Waals surface area contributed by atoms with Crippen LogP contribution in [0.1, 0.15) is 22.3 Å². The minimum Gasteiger partial charge on any atom is -0.309 e. The first kappa shape index (κ1) is 34.5. The molecule has 2 aliphatic carbocycles. The molecule has 2 aliphatic rings. The SMILES string of the molecule is c1ccc(-c2ccc3c(c2)c2cc(-n4c5ccc(-c6ccccc6)cc5c5cc6c(cc54)C4(c5ccccc5-c5ccccc54)c4ccccc4-6)ccc2n3-c2ccccc2)cc1. The Hall–Kier alpha value is -8.20. The quantitative estimate of drug-likeness (QED) is 0.168. The first-order valence-corrected chi connectivity index (χ1v) is 21.9. The van der Waals surface area contributed by atoms with E-state index in [0.29, 0.717) is 0 Å². The van der Waals surface area contributed by atoms with Crippen molar-refractivity contribution in [2.45, 2.75) is 5.41 Å². The maximum Gasteiger partial charge on any atom is 0.0726 e. The molecule has 63 heavy (non-hydrogen) atoms. The third kappa shape index (κ3) is 4.67. The third-order valence-electron chi connectivity index (χ3n) is 14.1. The van der Waals surface area contributed by atoms with Crippen molar-refractivity contribution in [3.63, 3.8) is 0 Å². The second kappa shape index (κ2) is 12.9. The molecule has 0 aliphatic heterocycles. The van der Waals surface area contributed by atoms with Gasteiger partial charge in [-0.25, -0.2) is 0 Å². The molecule has 0 unspecified atom stereocenters. The van der Waals surface area contributed by atoms with Crippen LogP contribution in [0.2, 0.25) is 0 Å². The third-order valence-corrected chi connectivity index (χ3v) is 14.1. The zero-order valence-corrected chi connectivity index (χ0v) is 34.3. The van der Waals surface area contributed by atoms with E-state index >= 15 is 0 Å². The van der Waals surface area contributed by atoms with Crippen molar-refractivity contribution in [2.75, 3.05) is 0 Å². The van der Waals surface area contributed by atoms with Gasteiger partial charge in [-0.2, -0.15) is 0 Å². The molecule has 0 radical (unpaired) electrons. The van der Waals surface area contributed by atoms with Crippen molar-refractivity contribution >= 4 is 43.6 Å². The molecule has 14 rings (SSSR count). The molecule has 0 fully saturated rings. The lowest BCUT2D eigenvalue weighted by molar-refractivity contribution is 0.794. The second-order valence-electron chi connectivity index (χ2n) is 17.2. The summed E-state index contributed by atoms with van der Waals surface area (Å²) in [6, 6.07) is 85.8. The fourth-order valence-corrected chi connectivity index (χ4v) is 11.5. The van der Waals surface area contributed by atoms with E-state index in [4.69, 9.17) is 0 Å². The average molecular weight is 799 g/mol. The molecule has 12 aromatic rings. The maximum atomic E-state index is 2.55. The summed E-state index contributed by atoms with van der Waals surface area (Å²) in [5.41, 5.74) is 22.2. The first-order valence-electron chi connectivity index (χ1n) is 21.9. The molecule has 2 nitrogen and oxygen atoms in total. The summed E-state index contributed by atoms with van der Waals surface area (Å²) < 4.78 is 4.96. The fraction of sp³-hybridized carbons (Fsp3) is 0.0164. The van der Waals surface area contributed by atoms with Gasteiger partial charge in [0.25, 0.3) is 0 Å². The van der Waals surface area contributed by atoms with Gasteiger partial charge in [0, 0.05) is 32.9 Å². The number of aromatic nitrogens is 2. The molecule has 292 valence electrons. The Morgan fingerprint density at radius 2 is 0.651 bits per heavy atom. The predicted molar refractivity (Wildman–Crippen MR) is 262 cm³/mol. The van der Waals surface area contributed by atoms with E-state index in [2.05, 4.69) is 240 Å². The lowest BCUT2D eigenvalue weighted by Crippen LogP contribution is -2.25. The van der Waals surface area contributed by atoms with Crippen LogP contribution in [0.3, 0.4) is 0 Å². The largest absolute Gasteiger partial charge is 0.309 e. The minimum absolute atomic E-state index is 0.440. The number of rotatable bonds is 4. The molecule has 2 heteroatoms. The molecular formula is C61H38N2. The Balaban J connectivity index is 1.10. The molecule has 0 N–H and O–H groups in total. The van der Waals surface area contributed by atoms with Gasteiger partial charge in [-0.1, -0.05) is 164 Å². The molecule has 2 heterocycles. The highest BCUT2D eigenvalue weighted by atomic mass is 15.0. The van der Waals surface area contributed by atoms with Gasteiger partial charge < -0.3 is 9.13 Å². The van der Waals surface area contributed by atoms with Crippen molar-refractivity contribution in [2.24, 2.45) is 0 Å². The van der Waals surface area contributed by atoms with Gasteiger partial charge in [0.2, 0.25) is 0 Å². The molecule has 0 saturated heterocycles. The lowest BCUT2D eigenvalue weighted by Gasteiger charge is -2.30. The normalized spacial score (nSPS) is 13.2. The second-order valence-corrected chi connectivity index (χ2v) is 17.2. The van der Waals surface area contributed by atoms with Crippen molar-refractivity contribution in [1.82, 2.24) is 9.13 Å². The van der Waals surface area contributed by atoms with Crippen molar-refractivity contribution < 1.29 is 0 Å². The van der Waals surface area contributed by atoms with Crippen LogP contribution in [-0.2, 0) is 5.41 Å². The summed E-state index contributed by atoms with van der Waals surface area (Å²) in [7, 11) is 0. The van der Waals surface area contributed by atoms with E-state index in [0.717, 1.165) is 11.4 Å². The van der Waals surface area contributed by atoms with Crippen LogP contribution in [0.5, 0.6) is 0 Å². The number of nitrogens with zero attached hydrogens (tertiary/aromatic N) is 2. The Morgan fingerprint density at radius 1 is 0.238 bits per heavy atom. The van der Waals surface area contributed by atoms with Crippen molar-refractivity contribution in [3.8, 4) is 55.9 Å². The van der Waals surface area contributed by atoms with E-state index in [9.17, 15) is 0 Å². The van der Waals surface area contributed by atoms with E-state index in [1.165, 1.54) is 110 Å². The highest BCUT2D eigenvalue weighted by Gasteiger charge is 2.51. The molecule has 0 saturated carbocycles. The molecule has 2 aromatic heterocycles. The minimum atomic E-state index is -0.440. The smallest absolute Gasteiger partial charge is 0.0726 e. The van der Waals surface area contributed by atoms with Crippen LogP contribution in [-0.4, -0.2) is 9.13 Å². The topological polar surface area (TPSA) is 9.86 Å². The standard InChI is InChI=1S/C61H38N2/c1-4-16-39(17-5-1)41-28-31-57-49(34-41)51-36-44(30-33-59(51)62(57)43-20-8-3-9-21-43)63-58-32-29-42(40-18-6-2-7-19-40)35-50(58)52-37-48-47-24-12-15-27-55(47)61(56(48)38-60(52)63)53-25-13-10-22-45(53)46-23-11-14-26-54(46)61/h1-38H. The number of para-hydroxylation sites is 1. The van der Waals surface area contributed by atoms with Crippen LogP contribution in [0, 0.1) is 0 Å². The van der Waals surface area contributed by atoms with Gasteiger partial charge in [-0.05, 0) is 133 Å². The van der Waals surface area contributed by atoms with Gasteiger partial charge in [0.05, 0.1) is 27.5 Å². The number of benzene rings is 10. The predicted octanol–water partition coefficient (Wildman–Crippen LogP) is 15.6. The van der Waals surface area contributed by atoms with Crippen LogP contribution >= 0.6 is 0 Å². The maximum absolute atomic E-state index is 2.55. The summed E-state index contributed by atoms with van der Waals surface area (Å²) in [6.07, 6.45) is 0. The Kier molecular flexibility index (Phi) is 7.07. The summed E-state index contributed by atoms with van der Waals surface area (Å²) >= 11 is 0. The molecule has 1 spiro atoms. The number of hydrogen-bond donors (Lipinski definition) is 0. The number of hydrogen-bond acceptors (Lipinski definition) is 0. The van der Waals surface area contributed by atoms with Gasteiger partial charge in [-0.15, -0.1) is 0 Å². The van der Waals surface area contributed by atoms with Crippen LogP contribution < -0.4 is 0 Å². The first-order chi connectivity index (χ1) is 31.3. The van der Waals surface area contributed by atoms with Crippen LogP contribution in [0.4, 0.5) is 0 Å². The lowest BCUT2D eigenvalue weighted by atomic mass is 9.70. The van der Waals surface area contributed by atoms with Crippen molar-refractivity contribution in [3.05, 3.63) is 253 Å². The Bertz CT molecular complexity index is 3790. The fourth-order valence-electron chi connectivity index (χ4n) is 11.5. The van der Waals surface area contributed by atoms with Crippen LogP contribution in [0.25, 0.3) is 99.5 Å². The van der Waals surface area contributed by atoms with E-state index in [1.54, 1.807) is 0 Å². The van der Waals surface area contributed by atoms with E-state index < -0.39 is 5.41 Å². The van der Waals surface area contributed by atoms with Gasteiger partial charge in [-0.3, -0.25) is 0 Å². The Morgan fingerprint density at radius 3 is 1.19 bits per heavy atom. The summed E-state index contributed by atoms with van der Waals surface area (Å²) in [4.78, 5) is 0. The molecule has 0 amide bonds. The van der Waals surface area contributed by atoms with Crippen LogP contribution in [0.15, 0.2) is 231 Å². The Labute approximate surface area is 365 Å². The molecule has 10 aromatic carbocycles. The average Bonchev–Trinajstić information content (AvgIpc) is 4.05. The summed E-state index contributed by atoms with van der Waals surface area (Å²) in [6.45, 7) is 0. The zero-order chi connectivity index (χ0) is 41.2. The molecule has 0 atom stereocenters. The summed E-state index contributed by atoms with van der Waals surface area (Å²) in [5.74, 6) is 0. The van der Waals surface area contributed by atoms with Crippen molar-refractivity contribution in [1.29, 1.82) is 0 Å². The molecule has 0 bridgehead atoms. The van der Waals surface area contributed by atoms with E-state index in [1.807, 2.05) is 0 Å². The van der Waals surface area contributed by atoms with Gasteiger partial charge >= 0.3 is 0 Å². The summed E-state index contributed by atoms with van der Waals surface area (Å²) in [5, 5.41) is 4.96.